The Morgan fingerprint density at radius 2 is 1.93 bits per heavy atom. The molecule has 1 N–H and O–H groups in total. The minimum Gasteiger partial charge on any atom is -0.379 e. The molecule has 0 unspecified atom stereocenters. The average molecular weight is 391 g/mol. The molecule has 1 aromatic heterocycles. The number of nitro groups is 1. The minimum atomic E-state index is -3.94. The van der Waals surface area contributed by atoms with E-state index in [1.807, 2.05) is 0 Å². The molecule has 11 heteroatoms. The van der Waals surface area contributed by atoms with Gasteiger partial charge in [-0.25, -0.2) is 8.42 Å². The largest absolute Gasteiger partial charge is 0.379 e. The first-order valence-corrected chi connectivity index (χ1v) is 9.48. The van der Waals surface area contributed by atoms with Gasteiger partial charge in [-0.05, 0) is 23.8 Å². The Bertz CT molecular complexity index is 943. The number of ether oxygens (including phenoxy) is 1. The van der Waals surface area contributed by atoms with E-state index in [-0.39, 0.29) is 42.6 Å². The summed E-state index contributed by atoms with van der Waals surface area (Å²) in [6.45, 7) is 0.920. The van der Waals surface area contributed by atoms with E-state index in [0.717, 1.165) is 11.6 Å². The van der Waals surface area contributed by atoms with E-state index in [0.29, 0.717) is 0 Å². The van der Waals surface area contributed by atoms with Crippen LogP contribution in [0.3, 0.4) is 0 Å². The van der Waals surface area contributed by atoms with Gasteiger partial charge in [0, 0.05) is 37.6 Å². The van der Waals surface area contributed by atoms with Gasteiger partial charge >= 0.3 is 0 Å². The molecular weight excluding hydrogens is 374 g/mol. The fourth-order valence-electron chi connectivity index (χ4n) is 2.48. The molecule has 0 radical (unpaired) electrons. The third-order valence-corrected chi connectivity index (χ3v) is 5.81. The molecule has 0 atom stereocenters. The van der Waals surface area contributed by atoms with Crippen molar-refractivity contribution in [2.24, 2.45) is 5.10 Å². The van der Waals surface area contributed by atoms with E-state index in [2.05, 4.69) is 15.5 Å². The number of hydrogen-bond donors (Lipinski definition) is 1. The normalized spacial score (nSPS) is 15.7. The van der Waals surface area contributed by atoms with Crippen LogP contribution in [0.4, 0.5) is 11.4 Å². The van der Waals surface area contributed by atoms with Crippen LogP contribution in [0.25, 0.3) is 0 Å². The van der Waals surface area contributed by atoms with Crippen LogP contribution in [0.5, 0.6) is 0 Å². The molecule has 1 fully saturated rings. The van der Waals surface area contributed by atoms with Gasteiger partial charge in [-0.15, -0.1) is 0 Å². The van der Waals surface area contributed by atoms with Crippen LogP contribution >= 0.6 is 0 Å². The summed E-state index contributed by atoms with van der Waals surface area (Å²) < 4.78 is 32.3. The molecule has 0 saturated carbocycles. The number of morpholine rings is 1. The van der Waals surface area contributed by atoms with Gasteiger partial charge in [0.05, 0.1) is 30.0 Å². The monoisotopic (exact) mass is 391 g/mol. The van der Waals surface area contributed by atoms with E-state index in [9.17, 15) is 18.5 Å². The summed E-state index contributed by atoms with van der Waals surface area (Å²) in [7, 11) is -3.94. The van der Waals surface area contributed by atoms with Crippen LogP contribution in [0, 0.1) is 10.1 Å². The molecule has 2 heterocycles. The molecule has 2 aromatic rings. The fraction of sp³-hybridized carbons (Fsp3) is 0.250. The molecule has 1 aliphatic rings. The lowest BCUT2D eigenvalue weighted by molar-refractivity contribution is -0.385. The predicted octanol–water partition coefficient (Wildman–Crippen LogP) is 1.46. The molecule has 1 aromatic carbocycles. The third-order valence-electron chi connectivity index (χ3n) is 3.87. The number of aromatic nitrogens is 1. The highest BCUT2D eigenvalue weighted by Crippen LogP contribution is 2.29. The second-order valence-electron chi connectivity index (χ2n) is 5.60. The lowest BCUT2D eigenvalue weighted by Gasteiger charge is -2.26. The minimum absolute atomic E-state index is 0.150. The number of nitrogens with zero attached hydrogens (tertiary/aromatic N) is 4. The second-order valence-corrected chi connectivity index (χ2v) is 7.51. The van der Waals surface area contributed by atoms with E-state index in [1.165, 1.54) is 22.7 Å². The molecule has 142 valence electrons. The lowest BCUT2D eigenvalue weighted by atomic mass is 10.3. The van der Waals surface area contributed by atoms with Crippen molar-refractivity contribution in [3.63, 3.8) is 0 Å². The highest BCUT2D eigenvalue weighted by atomic mass is 32.2. The highest BCUT2D eigenvalue weighted by molar-refractivity contribution is 7.89. The van der Waals surface area contributed by atoms with Crippen LogP contribution < -0.4 is 5.43 Å². The maximum absolute atomic E-state index is 13.0. The van der Waals surface area contributed by atoms with Crippen molar-refractivity contribution in [3.8, 4) is 0 Å². The summed E-state index contributed by atoms with van der Waals surface area (Å²) >= 11 is 0. The van der Waals surface area contributed by atoms with Crippen molar-refractivity contribution >= 4 is 27.6 Å². The van der Waals surface area contributed by atoms with Crippen LogP contribution in [0.1, 0.15) is 5.56 Å². The van der Waals surface area contributed by atoms with Gasteiger partial charge in [-0.1, -0.05) is 0 Å². The molecule has 1 saturated heterocycles. The van der Waals surface area contributed by atoms with Gasteiger partial charge in [0.2, 0.25) is 10.0 Å². The number of pyridine rings is 1. The second kappa shape index (κ2) is 8.20. The van der Waals surface area contributed by atoms with Crippen molar-refractivity contribution in [3.05, 3.63) is 58.4 Å². The Kier molecular flexibility index (Phi) is 5.74. The zero-order chi connectivity index (χ0) is 19.3. The molecule has 0 aliphatic carbocycles. The maximum atomic E-state index is 13.0. The number of anilines is 1. The molecule has 10 nitrogen and oxygen atoms in total. The number of nitro benzene ring substituents is 1. The zero-order valence-corrected chi connectivity index (χ0v) is 15.0. The Hall–Kier alpha value is -2.89. The molecular formula is C16H17N5O5S. The lowest BCUT2D eigenvalue weighted by Crippen LogP contribution is -2.40. The molecule has 3 rings (SSSR count). The van der Waals surface area contributed by atoms with Crippen molar-refractivity contribution in [1.29, 1.82) is 0 Å². The van der Waals surface area contributed by atoms with Gasteiger partial charge in [-0.3, -0.25) is 20.5 Å². The average Bonchev–Trinajstić information content (AvgIpc) is 2.69. The van der Waals surface area contributed by atoms with Crippen LogP contribution in [0.15, 0.2) is 52.7 Å². The molecule has 0 bridgehead atoms. The van der Waals surface area contributed by atoms with Crippen LogP contribution in [-0.4, -0.2) is 55.1 Å². The molecule has 27 heavy (non-hydrogen) atoms. The van der Waals surface area contributed by atoms with Crippen LogP contribution in [-0.2, 0) is 14.8 Å². The van der Waals surface area contributed by atoms with Gasteiger partial charge in [0.15, 0.2) is 0 Å². The Morgan fingerprint density at radius 3 is 2.59 bits per heavy atom. The van der Waals surface area contributed by atoms with Crippen molar-refractivity contribution in [2.75, 3.05) is 31.7 Å². The van der Waals surface area contributed by atoms with Crippen LogP contribution in [0.2, 0.25) is 0 Å². The Morgan fingerprint density at radius 1 is 1.22 bits per heavy atom. The zero-order valence-electron chi connectivity index (χ0n) is 14.2. The van der Waals surface area contributed by atoms with Gasteiger partial charge in [0.1, 0.15) is 4.90 Å². The van der Waals surface area contributed by atoms with Crippen molar-refractivity contribution in [2.45, 2.75) is 4.90 Å². The number of nitrogens with one attached hydrogen (secondary N) is 1. The van der Waals surface area contributed by atoms with Gasteiger partial charge < -0.3 is 4.74 Å². The highest BCUT2D eigenvalue weighted by Gasteiger charge is 2.30. The third kappa shape index (κ3) is 4.45. The summed E-state index contributed by atoms with van der Waals surface area (Å²) in [5.74, 6) is 0. The number of sulfonamides is 1. The summed E-state index contributed by atoms with van der Waals surface area (Å²) in [6, 6.07) is 7.05. The molecule has 0 spiro atoms. The van der Waals surface area contributed by atoms with E-state index >= 15 is 0 Å². The molecule has 0 amide bonds. The Balaban J connectivity index is 1.93. The summed E-state index contributed by atoms with van der Waals surface area (Å²) in [5, 5.41) is 15.1. The van der Waals surface area contributed by atoms with E-state index < -0.39 is 14.9 Å². The number of hydrogen-bond acceptors (Lipinski definition) is 8. The first-order valence-electron chi connectivity index (χ1n) is 8.04. The summed E-state index contributed by atoms with van der Waals surface area (Å²) in [6.07, 6.45) is 4.69. The maximum Gasteiger partial charge on any atom is 0.270 e. The van der Waals surface area contributed by atoms with Gasteiger partial charge in [-0.2, -0.15) is 9.41 Å². The first-order chi connectivity index (χ1) is 13.0. The SMILES string of the molecule is O=[N+]([O-])c1ccc(N/N=C\c2ccncc2)c(S(=O)(=O)N2CCOCC2)c1. The summed E-state index contributed by atoms with van der Waals surface area (Å²) in [5.41, 5.74) is 3.26. The number of hydrazone groups is 1. The predicted molar refractivity (Wildman–Crippen MR) is 98.1 cm³/mol. The van der Waals surface area contributed by atoms with Crippen molar-refractivity contribution < 1.29 is 18.1 Å². The van der Waals surface area contributed by atoms with E-state index in [1.54, 1.807) is 24.5 Å². The number of benzene rings is 1. The van der Waals surface area contributed by atoms with Crippen molar-refractivity contribution in [1.82, 2.24) is 9.29 Å². The topological polar surface area (TPSA) is 127 Å². The number of rotatable bonds is 6. The number of non-ortho nitro benzene ring substituents is 1. The van der Waals surface area contributed by atoms with Gasteiger partial charge in [0.25, 0.3) is 5.69 Å². The first kappa shape index (κ1) is 18.9. The van der Waals surface area contributed by atoms with E-state index in [4.69, 9.17) is 4.74 Å². The molecule has 1 aliphatic heterocycles. The fourth-order valence-corrected chi connectivity index (χ4v) is 4.05. The Labute approximate surface area is 155 Å². The standard InChI is InChI=1S/C16H17N5O5S/c22-21(23)14-1-2-15(19-18-12-13-3-5-17-6-4-13)16(11-14)27(24,25)20-7-9-26-10-8-20/h1-6,11-12,19H,7-10H2/b18-12-. The quantitative estimate of drug-likeness (QED) is 0.448. The smallest absolute Gasteiger partial charge is 0.270 e. The summed E-state index contributed by atoms with van der Waals surface area (Å²) in [4.78, 5) is 14.1.